The maximum atomic E-state index is 13.3. The van der Waals surface area contributed by atoms with E-state index in [4.69, 9.17) is 4.74 Å². The van der Waals surface area contributed by atoms with Crippen molar-refractivity contribution in [1.82, 2.24) is 9.88 Å². The van der Waals surface area contributed by atoms with Crippen molar-refractivity contribution in [2.24, 2.45) is 0 Å². The number of nitrogens with zero attached hydrogens (tertiary/aromatic N) is 1. The number of carbonyl (C=O) groups excluding carboxylic acids is 1. The van der Waals surface area contributed by atoms with Crippen LogP contribution in [0.3, 0.4) is 0 Å². The smallest absolute Gasteiger partial charge is 0.378 e. The van der Waals surface area contributed by atoms with Gasteiger partial charge in [0.25, 0.3) is 0 Å². The number of halogens is 3. The Labute approximate surface area is 166 Å². The van der Waals surface area contributed by atoms with E-state index in [-0.39, 0.29) is 12.3 Å². The minimum Gasteiger partial charge on any atom is -0.378 e. The molecule has 0 bridgehead atoms. The number of nitrogens with one attached hydrogen (secondary N) is 1. The SMILES string of the molecule is O=C(C[C@@H](c1cccc(C(F)(F)F)c1)c1c[nH]c2ccccc12)N1CCOCC1. The number of H-pyrrole nitrogens is 1. The highest BCUT2D eigenvalue weighted by Gasteiger charge is 2.32. The zero-order valence-corrected chi connectivity index (χ0v) is 15.7. The lowest BCUT2D eigenvalue weighted by Crippen LogP contribution is -2.41. The molecule has 0 radical (unpaired) electrons. The number of carbonyl (C=O) groups is 1. The van der Waals surface area contributed by atoms with Crippen LogP contribution in [0.5, 0.6) is 0 Å². The van der Waals surface area contributed by atoms with Gasteiger partial charge in [0.2, 0.25) is 5.91 Å². The number of morpholine rings is 1. The highest BCUT2D eigenvalue weighted by molar-refractivity contribution is 5.86. The first-order chi connectivity index (χ1) is 13.9. The number of amides is 1. The number of aromatic nitrogens is 1. The van der Waals surface area contributed by atoms with Crippen LogP contribution in [0.1, 0.15) is 29.0 Å². The average Bonchev–Trinajstić information content (AvgIpc) is 3.16. The highest BCUT2D eigenvalue weighted by Crippen LogP contribution is 2.37. The van der Waals surface area contributed by atoms with Crippen molar-refractivity contribution < 1.29 is 22.7 Å². The fourth-order valence-electron chi connectivity index (χ4n) is 3.84. The molecule has 152 valence electrons. The molecule has 1 amide bonds. The zero-order chi connectivity index (χ0) is 20.4. The van der Waals surface area contributed by atoms with Crippen molar-refractivity contribution in [2.75, 3.05) is 26.3 Å². The minimum absolute atomic E-state index is 0.0824. The topological polar surface area (TPSA) is 45.3 Å². The van der Waals surface area contributed by atoms with E-state index in [1.807, 2.05) is 24.3 Å². The molecule has 1 aliphatic heterocycles. The molecular weight excluding hydrogens is 381 g/mol. The normalized spacial score (nSPS) is 16.2. The van der Waals surface area contributed by atoms with E-state index in [0.717, 1.165) is 28.6 Å². The monoisotopic (exact) mass is 402 g/mol. The second-order valence-electron chi connectivity index (χ2n) is 7.16. The summed E-state index contributed by atoms with van der Waals surface area (Å²) in [6, 6.07) is 12.9. The molecule has 1 fully saturated rings. The number of fused-ring (bicyclic) bond motifs is 1. The fraction of sp³-hybridized carbons (Fsp3) is 0.318. The summed E-state index contributed by atoms with van der Waals surface area (Å²) < 4.78 is 45.2. The van der Waals surface area contributed by atoms with Gasteiger partial charge in [-0.2, -0.15) is 13.2 Å². The number of hydrogen-bond acceptors (Lipinski definition) is 2. The third kappa shape index (κ3) is 4.15. The second kappa shape index (κ2) is 7.91. The first-order valence-corrected chi connectivity index (χ1v) is 9.52. The van der Waals surface area contributed by atoms with Gasteiger partial charge in [0.1, 0.15) is 0 Å². The van der Waals surface area contributed by atoms with E-state index in [2.05, 4.69) is 4.98 Å². The molecule has 1 aromatic heterocycles. The van der Waals surface area contributed by atoms with Crippen LogP contribution in [0.25, 0.3) is 10.9 Å². The van der Waals surface area contributed by atoms with Crippen LogP contribution >= 0.6 is 0 Å². The fourth-order valence-corrected chi connectivity index (χ4v) is 3.84. The Morgan fingerprint density at radius 3 is 2.62 bits per heavy atom. The largest absolute Gasteiger partial charge is 0.416 e. The van der Waals surface area contributed by atoms with Gasteiger partial charge in [-0.1, -0.05) is 36.4 Å². The number of hydrogen-bond donors (Lipinski definition) is 1. The van der Waals surface area contributed by atoms with Crippen molar-refractivity contribution in [3.05, 3.63) is 71.4 Å². The van der Waals surface area contributed by atoms with Crippen LogP contribution in [0, 0.1) is 0 Å². The highest BCUT2D eigenvalue weighted by atomic mass is 19.4. The summed E-state index contributed by atoms with van der Waals surface area (Å²) in [7, 11) is 0. The second-order valence-corrected chi connectivity index (χ2v) is 7.16. The molecule has 0 spiro atoms. The summed E-state index contributed by atoms with van der Waals surface area (Å²) in [5.74, 6) is -0.565. The van der Waals surface area contributed by atoms with Gasteiger partial charge in [-0.3, -0.25) is 4.79 Å². The quantitative estimate of drug-likeness (QED) is 0.695. The number of para-hydroxylation sites is 1. The van der Waals surface area contributed by atoms with Gasteiger partial charge >= 0.3 is 6.18 Å². The summed E-state index contributed by atoms with van der Waals surface area (Å²) in [5.41, 5.74) is 1.48. The van der Waals surface area contributed by atoms with Gasteiger partial charge in [-0.05, 0) is 23.3 Å². The van der Waals surface area contributed by atoms with Gasteiger partial charge in [0.15, 0.2) is 0 Å². The summed E-state index contributed by atoms with van der Waals surface area (Å²) in [4.78, 5) is 17.8. The molecule has 0 saturated carbocycles. The molecule has 29 heavy (non-hydrogen) atoms. The van der Waals surface area contributed by atoms with Gasteiger partial charge in [-0.25, -0.2) is 0 Å². The van der Waals surface area contributed by atoms with Gasteiger partial charge in [0, 0.05) is 42.5 Å². The third-order valence-electron chi connectivity index (χ3n) is 5.36. The van der Waals surface area contributed by atoms with Crippen LogP contribution < -0.4 is 0 Å². The summed E-state index contributed by atoms with van der Waals surface area (Å²) in [5, 5.41) is 0.907. The number of aromatic amines is 1. The van der Waals surface area contributed by atoms with Gasteiger partial charge in [-0.15, -0.1) is 0 Å². The van der Waals surface area contributed by atoms with E-state index < -0.39 is 17.7 Å². The first kappa shape index (κ1) is 19.5. The molecule has 4 nitrogen and oxygen atoms in total. The molecule has 2 aromatic carbocycles. The Morgan fingerprint density at radius 1 is 1.10 bits per heavy atom. The Kier molecular flexibility index (Phi) is 5.32. The van der Waals surface area contributed by atoms with Crippen LogP contribution in [-0.4, -0.2) is 42.1 Å². The molecular formula is C22H21F3N2O2. The minimum atomic E-state index is -4.44. The first-order valence-electron chi connectivity index (χ1n) is 9.52. The summed E-state index contributed by atoms with van der Waals surface area (Å²) in [6.07, 6.45) is -2.54. The van der Waals surface area contributed by atoms with E-state index >= 15 is 0 Å². The summed E-state index contributed by atoms with van der Waals surface area (Å²) in [6.45, 7) is 1.96. The average molecular weight is 402 g/mol. The van der Waals surface area contributed by atoms with E-state index in [0.29, 0.717) is 31.9 Å². The number of alkyl halides is 3. The van der Waals surface area contributed by atoms with Gasteiger partial charge < -0.3 is 14.6 Å². The molecule has 1 saturated heterocycles. The molecule has 2 heterocycles. The Morgan fingerprint density at radius 2 is 1.86 bits per heavy atom. The number of rotatable bonds is 4. The molecule has 1 aliphatic rings. The lowest BCUT2D eigenvalue weighted by molar-refractivity contribution is -0.137. The number of benzene rings is 2. The predicted molar refractivity (Wildman–Crippen MR) is 104 cm³/mol. The third-order valence-corrected chi connectivity index (χ3v) is 5.36. The zero-order valence-electron chi connectivity index (χ0n) is 15.7. The lowest BCUT2D eigenvalue weighted by atomic mass is 9.87. The van der Waals surface area contributed by atoms with E-state index in [1.54, 1.807) is 17.2 Å². The molecule has 1 N–H and O–H groups in total. The van der Waals surface area contributed by atoms with Gasteiger partial charge in [0.05, 0.1) is 18.8 Å². The predicted octanol–water partition coefficient (Wildman–Crippen LogP) is 4.57. The Balaban J connectivity index is 1.74. The maximum absolute atomic E-state index is 13.3. The van der Waals surface area contributed by atoms with Crippen molar-refractivity contribution in [3.63, 3.8) is 0 Å². The maximum Gasteiger partial charge on any atom is 0.416 e. The van der Waals surface area contributed by atoms with Crippen molar-refractivity contribution in [2.45, 2.75) is 18.5 Å². The lowest BCUT2D eigenvalue weighted by Gasteiger charge is -2.29. The van der Waals surface area contributed by atoms with Crippen LogP contribution in [0.4, 0.5) is 13.2 Å². The van der Waals surface area contributed by atoms with E-state index in [9.17, 15) is 18.0 Å². The molecule has 0 unspecified atom stereocenters. The molecule has 1 atom stereocenters. The van der Waals surface area contributed by atoms with Crippen molar-refractivity contribution in [3.8, 4) is 0 Å². The van der Waals surface area contributed by atoms with Crippen LogP contribution in [0.2, 0.25) is 0 Å². The summed E-state index contributed by atoms with van der Waals surface area (Å²) >= 11 is 0. The van der Waals surface area contributed by atoms with Crippen LogP contribution in [-0.2, 0) is 15.7 Å². The standard InChI is InChI=1S/C22H21F3N2O2/c23-22(24,25)16-5-3-4-15(12-16)18(13-21(28)27-8-10-29-11-9-27)19-14-26-20-7-2-1-6-17(19)20/h1-7,12,14,18,26H,8-11,13H2/t18-/m0/s1. The van der Waals surface area contributed by atoms with Crippen molar-refractivity contribution >= 4 is 16.8 Å². The van der Waals surface area contributed by atoms with Crippen LogP contribution in [0.15, 0.2) is 54.7 Å². The molecule has 4 rings (SSSR count). The molecule has 7 heteroatoms. The number of ether oxygens (including phenoxy) is 1. The Hall–Kier alpha value is -2.80. The van der Waals surface area contributed by atoms with Crippen molar-refractivity contribution in [1.29, 1.82) is 0 Å². The molecule has 0 aliphatic carbocycles. The Bertz CT molecular complexity index is 1010. The van der Waals surface area contributed by atoms with E-state index in [1.165, 1.54) is 6.07 Å². The molecule has 3 aromatic rings.